The van der Waals surface area contributed by atoms with E-state index >= 15 is 0 Å². The van der Waals surface area contributed by atoms with Crippen molar-refractivity contribution in [1.82, 2.24) is 4.90 Å². The fourth-order valence-corrected chi connectivity index (χ4v) is 3.83. The third-order valence-corrected chi connectivity index (χ3v) is 6.05. The second kappa shape index (κ2) is 8.11. The zero-order chi connectivity index (χ0) is 21.2. The summed E-state index contributed by atoms with van der Waals surface area (Å²) in [6.07, 6.45) is 0. The highest BCUT2D eigenvalue weighted by atomic mass is 32.2. The molecule has 1 heterocycles. The molecule has 0 radical (unpaired) electrons. The first kappa shape index (κ1) is 20.6. The van der Waals surface area contributed by atoms with Crippen LogP contribution in [0.15, 0.2) is 53.4 Å². The summed E-state index contributed by atoms with van der Waals surface area (Å²) >= 11 is 0. The number of para-hydroxylation sites is 2. The summed E-state index contributed by atoms with van der Waals surface area (Å²) in [6, 6.07) is 10.7. The summed E-state index contributed by atoms with van der Waals surface area (Å²) in [4.78, 5) is 26.1. The SMILES string of the molecule is O=C(c1ccc(S(=O)(=O)C(F)F)cc1)N1CCN(c2ccccc2[N+](=O)[O-])CC1. The number of amides is 1. The maximum Gasteiger partial charge on any atom is 0.341 e. The first-order valence-electron chi connectivity index (χ1n) is 8.61. The van der Waals surface area contributed by atoms with Gasteiger partial charge in [0, 0.05) is 37.8 Å². The van der Waals surface area contributed by atoms with Crippen LogP contribution in [0.2, 0.25) is 0 Å². The third kappa shape index (κ3) is 4.19. The normalized spacial score (nSPS) is 14.9. The van der Waals surface area contributed by atoms with Crippen molar-refractivity contribution in [2.24, 2.45) is 0 Å². The van der Waals surface area contributed by atoms with Crippen LogP contribution in [0, 0.1) is 10.1 Å². The van der Waals surface area contributed by atoms with E-state index < -0.39 is 25.4 Å². The van der Waals surface area contributed by atoms with Crippen LogP contribution in [0.25, 0.3) is 0 Å². The Hall–Kier alpha value is -3.08. The van der Waals surface area contributed by atoms with Crippen LogP contribution >= 0.6 is 0 Å². The van der Waals surface area contributed by atoms with Gasteiger partial charge in [-0.25, -0.2) is 8.42 Å². The van der Waals surface area contributed by atoms with Gasteiger partial charge in [0.25, 0.3) is 11.6 Å². The molecule has 2 aromatic carbocycles. The summed E-state index contributed by atoms with van der Waals surface area (Å²) in [5.41, 5.74) is 0.645. The lowest BCUT2D eigenvalue weighted by molar-refractivity contribution is -0.384. The third-order valence-electron chi connectivity index (χ3n) is 4.65. The van der Waals surface area contributed by atoms with Gasteiger partial charge in [-0.05, 0) is 30.3 Å². The number of hydrogen-bond acceptors (Lipinski definition) is 6. The van der Waals surface area contributed by atoms with Gasteiger partial charge < -0.3 is 9.80 Å². The molecular formula is C18H17F2N3O5S. The Morgan fingerprint density at radius 1 is 1.00 bits per heavy atom. The lowest BCUT2D eigenvalue weighted by atomic mass is 10.1. The molecule has 1 aliphatic rings. The predicted octanol–water partition coefficient (Wildman–Crippen LogP) is 2.55. The van der Waals surface area contributed by atoms with Gasteiger partial charge in [-0.1, -0.05) is 12.1 Å². The van der Waals surface area contributed by atoms with E-state index in [1.165, 1.54) is 23.1 Å². The Balaban J connectivity index is 1.69. The van der Waals surface area contributed by atoms with Crippen molar-refractivity contribution in [3.63, 3.8) is 0 Å². The number of benzene rings is 2. The fourth-order valence-electron chi connectivity index (χ4n) is 3.11. The molecule has 0 spiro atoms. The molecule has 0 saturated carbocycles. The van der Waals surface area contributed by atoms with Crippen LogP contribution in [0.3, 0.4) is 0 Å². The number of hydrogen-bond donors (Lipinski definition) is 0. The molecule has 3 rings (SSSR count). The number of alkyl halides is 2. The van der Waals surface area contributed by atoms with Crippen molar-refractivity contribution in [3.8, 4) is 0 Å². The lowest BCUT2D eigenvalue weighted by Crippen LogP contribution is -2.49. The number of anilines is 1. The van der Waals surface area contributed by atoms with Crippen LogP contribution in [-0.2, 0) is 9.84 Å². The maximum atomic E-state index is 12.6. The summed E-state index contributed by atoms with van der Waals surface area (Å²) in [5, 5.41) is 11.2. The topological polar surface area (TPSA) is 101 Å². The molecule has 0 unspecified atom stereocenters. The van der Waals surface area contributed by atoms with E-state index in [-0.39, 0.29) is 17.2 Å². The molecule has 1 fully saturated rings. The zero-order valence-electron chi connectivity index (χ0n) is 15.1. The van der Waals surface area contributed by atoms with Crippen LogP contribution in [-0.4, -0.2) is 56.1 Å². The highest BCUT2D eigenvalue weighted by Crippen LogP contribution is 2.28. The van der Waals surface area contributed by atoms with Crippen LogP contribution in [0.1, 0.15) is 10.4 Å². The van der Waals surface area contributed by atoms with Crippen molar-refractivity contribution >= 4 is 27.1 Å². The zero-order valence-corrected chi connectivity index (χ0v) is 15.9. The van der Waals surface area contributed by atoms with Crippen molar-refractivity contribution in [2.75, 3.05) is 31.1 Å². The number of nitrogens with zero attached hydrogens (tertiary/aromatic N) is 3. The van der Waals surface area contributed by atoms with Crippen molar-refractivity contribution in [3.05, 3.63) is 64.2 Å². The Kier molecular flexibility index (Phi) is 5.78. The number of rotatable bonds is 5. The molecule has 0 aromatic heterocycles. The molecule has 1 aliphatic heterocycles. The van der Waals surface area contributed by atoms with Gasteiger partial charge in [0.15, 0.2) is 0 Å². The van der Waals surface area contributed by atoms with Gasteiger partial charge in [0.05, 0.1) is 9.82 Å². The molecule has 11 heteroatoms. The van der Waals surface area contributed by atoms with Gasteiger partial charge in [0.1, 0.15) is 5.69 Å². The fraction of sp³-hybridized carbons (Fsp3) is 0.278. The van der Waals surface area contributed by atoms with Gasteiger partial charge in [-0.2, -0.15) is 8.78 Å². The van der Waals surface area contributed by atoms with Gasteiger partial charge in [-0.3, -0.25) is 14.9 Å². The number of nitro benzene ring substituents is 1. The minimum atomic E-state index is -4.71. The standard InChI is InChI=1S/C18H17F2N3O5S/c19-18(20)29(27,28)14-7-5-13(6-8-14)17(24)22-11-9-21(10-12-22)15-3-1-2-4-16(15)23(25)26/h1-8,18H,9-12H2. The van der Waals surface area contributed by atoms with E-state index in [0.717, 1.165) is 12.1 Å². The second-order valence-electron chi connectivity index (χ2n) is 6.36. The summed E-state index contributed by atoms with van der Waals surface area (Å²) < 4.78 is 48.1. The summed E-state index contributed by atoms with van der Waals surface area (Å²) in [5.74, 6) is -3.90. The highest BCUT2D eigenvalue weighted by Gasteiger charge is 2.28. The van der Waals surface area contributed by atoms with Crippen LogP contribution in [0.4, 0.5) is 20.2 Å². The van der Waals surface area contributed by atoms with E-state index in [2.05, 4.69) is 0 Å². The first-order chi connectivity index (χ1) is 13.7. The minimum absolute atomic E-state index is 0.0110. The van der Waals surface area contributed by atoms with E-state index in [4.69, 9.17) is 0 Å². The minimum Gasteiger partial charge on any atom is -0.362 e. The average Bonchev–Trinajstić information content (AvgIpc) is 2.73. The quantitative estimate of drug-likeness (QED) is 0.539. The maximum absolute atomic E-state index is 12.6. The number of nitro groups is 1. The van der Waals surface area contributed by atoms with Crippen LogP contribution < -0.4 is 4.90 Å². The summed E-state index contributed by atoms with van der Waals surface area (Å²) in [6.45, 7) is 1.38. The number of halogens is 2. The molecular weight excluding hydrogens is 408 g/mol. The Labute approximate surface area is 165 Å². The van der Waals surface area contributed by atoms with E-state index in [0.29, 0.717) is 31.9 Å². The highest BCUT2D eigenvalue weighted by molar-refractivity contribution is 7.91. The number of piperazine rings is 1. The van der Waals surface area contributed by atoms with Crippen LogP contribution in [0.5, 0.6) is 0 Å². The lowest BCUT2D eigenvalue weighted by Gasteiger charge is -2.35. The van der Waals surface area contributed by atoms with Crippen molar-refractivity contribution in [2.45, 2.75) is 10.7 Å². The first-order valence-corrected chi connectivity index (χ1v) is 10.2. The van der Waals surface area contributed by atoms with Crippen molar-refractivity contribution in [1.29, 1.82) is 0 Å². The van der Waals surface area contributed by atoms with E-state index in [1.807, 2.05) is 4.90 Å². The second-order valence-corrected chi connectivity index (χ2v) is 8.27. The smallest absolute Gasteiger partial charge is 0.341 e. The number of carbonyl (C=O) groups is 1. The Morgan fingerprint density at radius 3 is 2.14 bits per heavy atom. The number of carbonyl (C=O) groups excluding carboxylic acids is 1. The predicted molar refractivity (Wildman–Crippen MR) is 101 cm³/mol. The molecule has 1 saturated heterocycles. The molecule has 0 N–H and O–H groups in total. The average molecular weight is 425 g/mol. The summed E-state index contributed by atoms with van der Waals surface area (Å²) in [7, 11) is -4.71. The number of sulfone groups is 1. The molecule has 0 atom stereocenters. The van der Waals surface area contributed by atoms with E-state index in [9.17, 15) is 32.1 Å². The molecule has 2 aromatic rings. The Bertz CT molecular complexity index is 1020. The molecule has 0 bridgehead atoms. The van der Waals surface area contributed by atoms with Gasteiger partial charge in [-0.15, -0.1) is 0 Å². The monoisotopic (exact) mass is 425 g/mol. The molecule has 29 heavy (non-hydrogen) atoms. The Morgan fingerprint density at radius 2 is 1.59 bits per heavy atom. The molecule has 1 amide bonds. The van der Waals surface area contributed by atoms with Crippen molar-refractivity contribution < 1.29 is 26.9 Å². The van der Waals surface area contributed by atoms with Gasteiger partial charge in [0.2, 0.25) is 9.84 Å². The van der Waals surface area contributed by atoms with E-state index in [1.54, 1.807) is 18.2 Å². The largest absolute Gasteiger partial charge is 0.362 e. The molecule has 154 valence electrons. The molecule has 8 nitrogen and oxygen atoms in total. The van der Waals surface area contributed by atoms with Gasteiger partial charge >= 0.3 is 5.76 Å². The molecule has 0 aliphatic carbocycles.